The van der Waals surface area contributed by atoms with Crippen LogP contribution in [0.2, 0.25) is 0 Å². The van der Waals surface area contributed by atoms with E-state index in [2.05, 4.69) is 26.3 Å². The molecule has 554 valence electrons. The van der Waals surface area contributed by atoms with Crippen LogP contribution in [0.25, 0.3) is 0 Å². The molecule has 0 aliphatic carbocycles. The second-order valence-electron chi connectivity index (χ2n) is 24.4. The van der Waals surface area contributed by atoms with Crippen molar-refractivity contribution < 1.29 is 95.2 Å². The zero-order valence-electron chi connectivity index (χ0n) is 59.6. The first-order valence-corrected chi connectivity index (χ1v) is 36.0. The fourth-order valence-corrected chi connectivity index (χ4v) is 10.5. The lowest BCUT2D eigenvalue weighted by molar-refractivity contribution is -0.138. The maximum atomic E-state index is 13.7. The Hall–Kier alpha value is -10.8. The molecule has 0 amide bonds. The first kappa shape index (κ1) is 82.2. The SMILES string of the molecule is C=CC(=O)OCCCCCCOc1ccc(C(=O)Oc2ccc(OC(=O)c3ccc(OCCCCCCOC(=O)C=C)cc3)c(CCCCCCCCc3cc(OC(=O)c4ccc(OCCCCCCOC(=O)C=C)cc4)ccc3OC(=O)c3ccc(OCCCCCCOC(=O)C=C)cc3)c2)cc1. The molecule has 0 bridgehead atoms. The highest BCUT2D eigenvalue weighted by molar-refractivity contribution is 5.94. The second kappa shape index (κ2) is 49.0. The van der Waals surface area contributed by atoms with Crippen LogP contribution in [0.5, 0.6) is 46.0 Å². The lowest BCUT2D eigenvalue weighted by Gasteiger charge is -2.14. The molecule has 6 rings (SSSR count). The van der Waals surface area contributed by atoms with Gasteiger partial charge >= 0.3 is 47.8 Å². The van der Waals surface area contributed by atoms with Gasteiger partial charge in [-0.3, -0.25) is 0 Å². The second-order valence-corrected chi connectivity index (χ2v) is 24.4. The monoisotopic (exact) mass is 1430 g/mol. The van der Waals surface area contributed by atoms with Crippen molar-refractivity contribution >= 4 is 47.8 Å². The average Bonchev–Trinajstić information content (AvgIpc) is 0.838. The predicted molar refractivity (Wildman–Crippen MR) is 394 cm³/mol. The summed E-state index contributed by atoms with van der Waals surface area (Å²) in [7, 11) is 0. The average molecular weight is 1430 g/mol. The summed E-state index contributed by atoms with van der Waals surface area (Å²) in [6.45, 7) is 16.9. The number of ether oxygens (including phenoxy) is 12. The summed E-state index contributed by atoms with van der Waals surface area (Å²) in [6, 6.07) is 36.8. The Balaban J connectivity index is 1.04. The van der Waals surface area contributed by atoms with Gasteiger partial charge in [-0.05, 0) is 273 Å². The van der Waals surface area contributed by atoms with Crippen molar-refractivity contribution in [1.29, 1.82) is 0 Å². The molecular formula is C84H98O20. The molecule has 0 fully saturated rings. The summed E-state index contributed by atoms with van der Waals surface area (Å²) in [5, 5.41) is 0. The number of unbranched alkanes of at least 4 members (excludes halogenated alkanes) is 17. The van der Waals surface area contributed by atoms with Gasteiger partial charge in [0.15, 0.2) is 0 Å². The molecule has 0 spiro atoms. The van der Waals surface area contributed by atoms with Gasteiger partial charge in [0.05, 0.1) is 75.1 Å². The van der Waals surface area contributed by atoms with Gasteiger partial charge in [-0.15, -0.1) is 0 Å². The van der Waals surface area contributed by atoms with Crippen molar-refractivity contribution in [3.05, 3.63) is 217 Å². The molecule has 0 saturated heterocycles. The molecule has 6 aromatic carbocycles. The van der Waals surface area contributed by atoms with Gasteiger partial charge in [-0.25, -0.2) is 38.4 Å². The highest BCUT2D eigenvalue weighted by Gasteiger charge is 2.19. The molecule has 0 aromatic heterocycles. The summed E-state index contributed by atoms with van der Waals surface area (Å²) in [5.41, 5.74) is 2.62. The van der Waals surface area contributed by atoms with Gasteiger partial charge in [0.25, 0.3) is 0 Å². The Morgan fingerprint density at radius 3 is 0.702 bits per heavy atom. The fraction of sp³-hybridized carbons (Fsp3) is 0.381. The largest absolute Gasteiger partial charge is 0.494 e. The summed E-state index contributed by atoms with van der Waals surface area (Å²) < 4.78 is 67.6. The van der Waals surface area contributed by atoms with Crippen molar-refractivity contribution in [1.82, 2.24) is 0 Å². The Morgan fingerprint density at radius 1 is 0.240 bits per heavy atom. The molecule has 0 aliphatic rings. The van der Waals surface area contributed by atoms with E-state index in [-0.39, 0.29) is 11.5 Å². The molecule has 0 atom stereocenters. The van der Waals surface area contributed by atoms with E-state index < -0.39 is 47.8 Å². The molecule has 0 aliphatic heterocycles. The molecule has 0 saturated carbocycles. The van der Waals surface area contributed by atoms with Crippen LogP contribution in [-0.4, -0.2) is 101 Å². The molecule has 6 aromatic rings. The Morgan fingerprint density at radius 2 is 0.452 bits per heavy atom. The summed E-state index contributed by atoms with van der Waals surface area (Å²) in [4.78, 5) is 99.5. The van der Waals surface area contributed by atoms with Crippen molar-refractivity contribution in [3.63, 3.8) is 0 Å². The standard InChI is InChI=1S/C84H98O20/c1-5-77(85)97-57-27-17-13-23-53-93-69-41-33-63(34-42-69)81(89)101-73-49-51-75(103-83(91)65-37-45-71(46-38-65)95-55-25-15-19-29-59-99-79(87)7-3)67(61-73)31-21-11-9-10-12-22-32-68-62-74(102-82(90)64-35-43-70(44-36-64)94-54-24-14-18-28-58-98-78(86)6-2)50-52-76(68)104-84(92)66-39-47-72(48-40-66)96-56-26-16-20-30-60-100-80(88)8-4/h5-8,33-52,61-62H,1-4,9-32,53-60H2. The van der Waals surface area contributed by atoms with E-state index in [0.717, 1.165) is 166 Å². The van der Waals surface area contributed by atoms with Gasteiger partial charge in [0, 0.05) is 24.3 Å². The van der Waals surface area contributed by atoms with Crippen LogP contribution >= 0.6 is 0 Å². The third kappa shape index (κ3) is 32.9. The maximum absolute atomic E-state index is 13.7. The van der Waals surface area contributed by atoms with Gasteiger partial charge in [0.2, 0.25) is 0 Å². The number of carbonyl (C=O) groups is 8. The van der Waals surface area contributed by atoms with Gasteiger partial charge in [0.1, 0.15) is 46.0 Å². The summed E-state index contributed by atoms with van der Waals surface area (Å²) in [5.74, 6) is -0.403. The van der Waals surface area contributed by atoms with E-state index in [9.17, 15) is 38.4 Å². The van der Waals surface area contributed by atoms with Crippen LogP contribution in [0.1, 0.15) is 194 Å². The topological polar surface area (TPSA) is 247 Å². The number of benzene rings is 6. The van der Waals surface area contributed by atoms with Crippen molar-refractivity contribution in [3.8, 4) is 46.0 Å². The fourth-order valence-electron chi connectivity index (χ4n) is 10.5. The zero-order chi connectivity index (χ0) is 74.2. The third-order valence-corrected chi connectivity index (χ3v) is 16.3. The number of hydrogen-bond donors (Lipinski definition) is 0. The molecule has 104 heavy (non-hydrogen) atoms. The Bertz CT molecular complexity index is 3430. The lowest BCUT2D eigenvalue weighted by Crippen LogP contribution is -2.11. The van der Waals surface area contributed by atoms with Gasteiger partial charge in [-0.2, -0.15) is 0 Å². The first-order valence-electron chi connectivity index (χ1n) is 36.0. The minimum atomic E-state index is -0.577. The molecule has 20 heteroatoms. The molecule has 0 heterocycles. The first-order chi connectivity index (χ1) is 50.7. The summed E-state index contributed by atoms with van der Waals surface area (Å²) >= 11 is 0. The van der Waals surface area contributed by atoms with E-state index in [4.69, 9.17) is 56.8 Å². The highest BCUT2D eigenvalue weighted by atomic mass is 16.6. The van der Waals surface area contributed by atoms with Crippen LogP contribution in [0.3, 0.4) is 0 Å². The van der Waals surface area contributed by atoms with E-state index in [1.165, 1.54) is 0 Å². The smallest absolute Gasteiger partial charge is 0.343 e. The van der Waals surface area contributed by atoms with Crippen molar-refractivity contribution in [2.24, 2.45) is 0 Å². The van der Waals surface area contributed by atoms with E-state index in [0.29, 0.717) is 134 Å². The van der Waals surface area contributed by atoms with E-state index in [1.807, 2.05) is 0 Å². The van der Waals surface area contributed by atoms with Gasteiger partial charge in [-0.1, -0.05) is 52.0 Å². The summed E-state index contributed by atoms with van der Waals surface area (Å²) in [6.07, 6.45) is 23.7. The Labute approximate surface area is 610 Å². The van der Waals surface area contributed by atoms with Crippen LogP contribution in [0.15, 0.2) is 184 Å². The lowest BCUT2D eigenvalue weighted by atomic mass is 10.0. The van der Waals surface area contributed by atoms with Crippen LogP contribution in [-0.2, 0) is 51.0 Å². The quantitative estimate of drug-likeness (QED) is 0.0113. The van der Waals surface area contributed by atoms with E-state index >= 15 is 0 Å². The number of rotatable bonds is 53. The van der Waals surface area contributed by atoms with Crippen LogP contribution in [0, 0.1) is 0 Å². The maximum Gasteiger partial charge on any atom is 0.343 e. The molecule has 20 nitrogen and oxygen atoms in total. The molecule has 0 unspecified atom stereocenters. The third-order valence-electron chi connectivity index (χ3n) is 16.3. The number of aryl methyl sites for hydroxylation is 2. The molecule has 0 N–H and O–H groups in total. The normalized spacial score (nSPS) is 10.7. The van der Waals surface area contributed by atoms with Crippen molar-refractivity contribution in [2.75, 3.05) is 52.9 Å². The van der Waals surface area contributed by atoms with Crippen molar-refractivity contribution in [2.45, 2.75) is 154 Å². The zero-order valence-corrected chi connectivity index (χ0v) is 59.6. The molecule has 0 radical (unpaired) electrons. The van der Waals surface area contributed by atoms with E-state index in [1.54, 1.807) is 133 Å². The minimum absolute atomic E-state index is 0.276. The molecular weight excluding hydrogens is 1330 g/mol. The van der Waals surface area contributed by atoms with Crippen LogP contribution < -0.4 is 37.9 Å². The number of carbonyl (C=O) groups excluding carboxylic acids is 8. The predicted octanol–water partition coefficient (Wildman–Crippen LogP) is 17.4. The number of esters is 8. The number of hydrogen-bond acceptors (Lipinski definition) is 20. The van der Waals surface area contributed by atoms with Gasteiger partial charge < -0.3 is 56.8 Å². The highest BCUT2D eigenvalue weighted by Crippen LogP contribution is 2.31. The Kier molecular flexibility index (Phi) is 38.7. The minimum Gasteiger partial charge on any atom is -0.494 e. The van der Waals surface area contributed by atoms with Crippen LogP contribution in [0.4, 0.5) is 0 Å².